The Balaban J connectivity index is 2.24. The molecule has 1 aromatic carbocycles. The Morgan fingerprint density at radius 3 is 2.70 bits per heavy atom. The minimum Gasteiger partial charge on any atom is -0.494 e. The van der Waals surface area contributed by atoms with Gasteiger partial charge in [0.15, 0.2) is 0 Å². The van der Waals surface area contributed by atoms with Gasteiger partial charge in [-0.15, -0.1) is 0 Å². The third-order valence-corrected chi connectivity index (χ3v) is 3.66. The summed E-state index contributed by atoms with van der Waals surface area (Å²) >= 11 is 0. The highest BCUT2D eigenvalue weighted by Crippen LogP contribution is 2.29. The lowest BCUT2D eigenvalue weighted by atomic mass is 9.87. The molecule has 0 bridgehead atoms. The Labute approximate surface area is 120 Å². The lowest BCUT2D eigenvalue weighted by molar-refractivity contribution is 0.339. The van der Waals surface area contributed by atoms with Gasteiger partial charge in [-0.05, 0) is 55.4 Å². The van der Waals surface area contributed by atoms with Crippen LogP contribution in [0.5, 0.6) is 5.75 Å². The Kier molecular flexibility index (Phi) is 5.16. The SMILES string of the molecule is CCOc1ccc(C(CC)Cc2cn[nH]n2)c(CC)c1. The highest BCUT2D eigenvalue weighted by atomic mass is 16.5. The van der Waals surface area contributed by atoms with Gasteiger partial charge in [-0.25, -0.2) is 0 Å². The van der Waals surface area contributed by atoms with Crippen LogP contribution in [0.3, 0.4) is 0 Å². The van der Waals surface area contributed by atoms with Crippen LogP contribution < -0.4 is 4.74 Å². The summed E-state index contributed by atoms with van der Waals surface area (Å²) in [5.41, 5.74) is 3.79. The maximum atomic E-state index is 5.60. The summed E-state index contributed by atoms with van der Waals surface area (Å²) in [5.74, 6) is 1.44. The molecule has 0 amide bonds. The second-order valence-electron chi connectivity index (χ2n) is 4.92. The number of nitrogens with zero attached hydrogens (tertiary/aromatic N) is 2. The molecule has 2 aromatic rings. The van der Waals surface area contributed by atoms with Crippen LogP contribution in [0.25, 0.3) is 0 Å². The Bertz CT molecular complexity index is 523. The van der Waals surface area contributed by atoms with E-state index in [1.807, 2.05) is 13.1 Å². The lowest BCUT2D eigenvalue weighted by Crippen LogP contribution is -2.06. The highest BCUT2D eigenvalue weighted by molar-refractivity contribution is 5.38. The van der Waals surface area contributed by atoms with Crippen molar-refractivity contribution in [2.24, 2.45) is 0 Å². The van der Waals surface area contributed by atoms with Gasteiger partial charge in [-0.3, -0.25) is 0 Å². The molecule has 0 aliphatic rings. The summed E-state index contributed by atoms with van der Waals surface area (Å²) < 4.78 is 5.60. The first kappa shape index (κ1) is 14.6. The Hall–Kier alpha value is -1.84. The van der Waals surface area contributed by atoms with E-state index in [1.165, 1.54) is 11.1 Å². The van der Waals surface area contributed by atoms with E-state index in [4.69, 9.17) is 4.74 Å². The van der Waals surface area contributed by atoms with Crippen molar-refractivity contribution in [3.63, 3.8) is 0 Å². The summed E-state index contributed by atoms with van der Waals surface area (Å²) in [6.07, 6.45) is 4.84. The van der Waals surface area contributed by atoms with E-state index in [9.17, 15) is 0 Å². The topological polar surface area (TPSA) is 50.8 Å². The monoisotopic (exact) mass is 273 g/mol. The molecule has 2 rings (SSSR count). The molecule has 1 atom stereocenters. The number of benzene rings is 1. The summed E-state index contributed by atoms with van der Waals surface area (Å²) in [4.78, 5) is 0. The van der Waals surface area contributed by atoms with Crippen LogP contribution in [-0.2, 0) is 12.8 Å². The van der Waals surface area contributed by atoms with Gasteiger partial charge in [-0.2, -0.15) is 15.4 Å². The predicted octanol–water partition coefficient (Wildman–Crippen LogP) is 3.50. The van der Waals surface area contributed by atoms with E-state index < -0.39 is 0 Å². The van der Waals surface area contributed by atoms with Crippen LogP contribution in [0.1, 0.15) is 49.9 Å². The minimum atomic E-state index is 0.478. The molecule has 0 spiro atoms. The fourth-order valence-electron chi connectivity index (χ4n) is 2.59. The van der Waals surface area contributed by atoms with Gasteiger partial charge in [0.1, 0.15) is 5.75 Å². The number of hydrogen-bond donors (Lipinski definition) is 1. The molecule has 4 heteroatoms. The molecule has 108 valence electrons. The van der Waals surface area contributed by atoms with Crippen molar-refractivity contribution in [1.82, 2.24) is 15.4 Å². The highest BCUT2D eigenvalue weighted by Gasteiger charge is 2.15. The van der Waals surface area contributed by atoms with Crippen LogP contribution in [-0.4, -0.2) is 22.0 Å². The van der Waals surface area contributed by atoms with Gasteiger partial charge in [0.2, 0.25) is 0 Å². The van der Waals surface area contributed by atoms with Crippen LogP contribution in [0, 0.1) is 0 Å². The molecule has 0 fully saturated rings. The number of aryl methyl sites for hydroxylation is 1. The predicted molar refractivity (Wildman–Crippen MR) is 80.1 cm³/mol. The van der Waals surface area contributed by atoms with Crippen LogP contribution in [0.2, 0.25) is 0 Å². The summed E-state index contributed by atoms with van der Waals surface area (Å²) in [6.45, 7) is 7.13. The maximum absolute atomic E-state index is 5.60. The average Bonchev–Trinajstić information content (AvgIpc) is 2.98. The smallest absolute Gasteiger partial charge is 0.119 e. The molecule has 0 saturated heterocycles. The van der Waals surface area contributed by atoms with Crippen molar-refractivity contribution in [3.8, 4) is 5.75 Å². The van der Waals surface area contributed by atoms with Crippen molar-refractivity contribution in [2.45, 2.75) is 46.0 Å². The van der Waals surface area contributed by atoms with E-state index >= 15 is 0 Å². The normalized spacial score (nSPS) is 12.3. The van der Waals surface area contributed by atoms with Gasteiger partial charge in [0.05, 0.1) is 18.5 Å². The zero-order chi connectivity index (χ0) is 14.4. The van der Waals surface area contributed by atoms with E-state index in [-0.39, 0.29) is 0 Å². The van der Waals surface area contributed by atoms with Gasteiger partial charge < -0.3 is 4.74 Å². The largest absolute Gasteiger partial charge is 0.494 e. The molecule has 1 aromatic heterocycles. The van der Waals surface area contributed by atoms with Crippen LogP contribution in [0.15, 0.2) is 24.4 Å². The average molecular weight is 273 g/mol. The van der Waals surface area contributed by atoms with Crippen molar-refractivity contribution in [1.29, 1.82) is 0 Å². The van der Waals surface area contributed by atoms with E-state index in [2.05, 4.69) is 47.5 Å². The Morgan fingerprint density at radius 2 is 2.10 bits per heavy atom. The molecule has 0 radical (unpaired) electrons. The number of ether oxygens (including phenoxy) is 1. The second kappa shape index (κ2) is 7.08. The second-order valence-corrected chi connectivity index (χ2v) is 4.92. The third kappa shape index (κ3) is 3.38. The third-order valence-electron chi connectivity index (χ3n) is 3.66. The number of hydrogen-bond acceptors (Lipinski definition) is 3. The van der Waals surface area contributed by atoms with Crippen molar-refractivity contribution in [2.75, 3.05) is 6.61 Å². The fourth-order valence-corrected chi connectivity index (χ4v) is 2.59. The molecule has 0 aliphatic heterocycles. The fraction of sp³-hybridized carbons (Fsp3) is 0.500. The minimum absolute atomic E-state index is 0.478. The molecule has 1 unspecified atom stereocenters. The van der Waals surface area contributed by atoms with Crippen molar-refractivity contribution in [3.05, 3.63) is 41.2 Å². The lowest BCUT2D eigenvalue weighted by Gasteiger charge is -2.18. The summed E-state index contributed by atoms with van der Waals surface area (Å²) in [6, 6.07) is 6.45. The number of H-pyrrole nitrogens is 1. The number of nitrogens with one attached hydrogen (secondary N) is 1. The molecular formula is C16H23N3O. The molecule has 0 saturated carbocycles. The Morgan fingerprint density at radius 1 is 1.25 bits per heavy atom. The number of rotatable bonds is 7. The van der Waals surface area contributed by atoms with Gasteiger partial charge >= 0.3 is 0 Å². The van der Waals surface area contributed by atoms with Gasteiger partial charge in [-0.1, -0.05) is 19.9 Å². The van der Waals surface area contributed by atoms with Crippen molar-refractivity contribution < 1.29 is 4.74 Å². The molecule has 20 heavy (non-hydrogen) atoms. The zero-order valence-electron chi connectivity index (χ0n) is 12.5. The van der Waals surface area contributed by atoms with Gasteiger partial charge in [0, 0.05) is 0 Å². The van der Waals surface area contributed by atoms with E-state index in [1.54, 1.807) is 0 Å². The van der Waals surface area contributed by atoms with E-state index in [0.29, 0.717) is 12.5 Å². The molecule has 1 heterocycles. The first-order valence-corrected chi connectivity index (χ1v) is 7.38. The zero-order valence-corrected chi connectivity index (χ0v) is 12.5. The quantitative estimate of drug-likeness (QED) is 0.840. The number of aromatic nitrogens is 3. The van der Waals surface area contributed by atoms with Crippen LogP contribution in [0.4, 0.5) is 0 Å². The molecule has 4 nitrogen and oxygen atoms in total. The first-order valence-electron chi connectivity index (χ1n) is 7.38. The van der Waals surface area contributed by atoms with Crippen LogP contribution >= 0.6 is 0 Å². The summed E-state index contributed by atoms with van der Waals surface area (Å²) in [7, 11) is 0. The summed E-state index contributed by atoms with van der Waals surface area (Å²) in [5, 5.41) is 10.7. The maximum Gasteiger partial charge on any atom is 0.119 e. The molecule has 0 aliphatic carbocycles. The standard InChI is InChI=1S/C16H23N3O/c1-4-12(9-14-11-17-19-18-14)16-8-7-15(20-6-3)10-13(16)5-2/h7-8,10-12H,4-6,9H2,1-3H3,(H,17,18,19). The molecule has 1 N–H and O–H groups in total. The first-order chi connectivity index (χ1) is 9.78. The molecular weight excluding hydrogens is 250 g/mol. The van der Waals surface area contributed by atoms with Gasteiger partial charge in [0.25, 0.3) is 0 Å². The van der Waals surface area contributed by atoms with Crippen molar-refractivity contribution >= 4 is 0 Å². The number of aromatic amines is 1. The van der Waals surface area contributed by atoms with E-state index in [0.717, 1.165) is 30.7 Å².